The molecule has 0 aliphatic carbocycles. The van der Waals surface area contributed by atoms with E-state index in [4.69, 9.17) is 0 Å². The van der Waals surface area contributed by atoms with E-state index in [1.54, 1.807) is 0 Å². The highest BCUT2D eigenvalue weighted by Gasteiger charge is 2.20. The Bertz CT molecular complexity index is 1140. The highest BCUT2D eigenvalue weighted by molar-refractivity contribution is 5.64. The standard InChI is InChI=1S/C27H28N2/c1-21-11-4-6-14-24(21)26-16-8-9-19-29(26)20-17-23-13-10-18-28(3)27(23)25-15-7-5-12-22(25)2/h4-16,18-19H,17,20H2,1-3H3/q+2. The lowest BCUT2D eigenvalue weighted by Gasteiger charge is -2.10. The van der Waals surface area contributed by atoms with Crippen LogP contribution < -0.4 is 9.13 Å². The van der Waals surface area contributed by atoms with Gasteiger partial charge in [0.2, 0.25) is 11.4 Å². The molecule has 0 saturated heterocycles. The van der Waals surface area contributed by atoms with Crippen LogP contribution in [0.4, 0.5) is 0 Å². The minimum Gasteiger partial charge on any atom is -0.201 e. The molecule has 144 valence electrons. The zero-order valence-corrected chi connectivity index (χ0v) is 17.5. The van der Waals surface area contributed by atoms with Crippen LogP contribution in [0.5, 0.6) is 0 Å². The quantitative estimate of drug-likeness (QED) is 0.431. The highest BCUT2D eigenvalue weighted by atomic mass is 15.0. The maximum Gasteiger partial charge on any atom is 0.215 e. The number of aromatic nitrogens is 2. The van der Waals surface area contributed by atoms with Crippen molar-refractivity contribution in [2.45, 2.75) is 26.8 Å². The van der Waals surface area contributed by atoms with E-state index in [1.165, 1.54) is 39.2 Å². The first-order valence-electron chi connectivity index (χ1n) is 10.2. The number of hydrogen-bond acceptors (Lipinski definition) is 0. The first-order chi connectivity index (χ1) is 14.1. The van der Waals surface area contributed by atoms with Crippen molar-refractivity contribution in [3.8, 4) is 22.5 Å². The molecular formula is C27H28N2+2. The number of rotatable bonds is 5. The highest BCUT2D eigenvalue weighted by Crippen LogP contribution is 2.24. The lowest BCUT2D eigenvalue weighted by molar-refractivity contribution is -0.686. The van der Waals surface area contributed by atoms with E-state index in [2.05, 4.69) is 121 Å². The molecule has 0 atom stereocenters. The van der Waals surface area contributed by atoms with Gasteiger partial charge in [0.25, 0.3) is 0 Å². The van der Waals surface area contributed by atoms with Gasteiger partial charge < -0.3 is 0 Å². The van der Waals surface area contributed by atoms with E-state index in [1.807, 2.05) is 0 Å². The average molecular weight is 381 g/mol. The number of hydrogen-bond donors (Lipinski definition) is 0. The molecule has 0 unspecified atom stereocenters. The van der Waals surface area contributed by atoms with Crippen molar-refractivity contribution in [3.05, 3.63) is 108 Å². The summed E-state index contributed by atoms with van der Waals surface area (Å²) in [5.74, 6) is 0. The molecule has 4 rings (SSSR count). The Morgan fingerprint density at radius 1 is 0.655 bits per heavy atom. The third kappa shape index (κ3) is 3.97. The second-order valence-corrected chi connectivity index (χ2v) is 7.65. The lowest BCUT2D eigenvalue weighted by Crippen LogP contribution is -2.38. The molecule has 2 nitrogen and oxygen atoms in total. The largest absolute Gasteiger partial charge is 0.215 e. The number of aryl methyl sites for hydroxylation is 5. The molecule has 2 aromatic heterocycles. The fourth-order valence-corrected chi connectivity index (χ4v) is 4.09. The van der Waals surface area contributed by atoms with Gasteiger partial charge in [0.15, 0.2) is 18.9 Å². The first-order valence-corrected chi connectivity index (χ1v) is 10.2. The molecule has 2 heteroatoms. The molecule has 0 radical (unpaired) electrons. The Balaban J connectivity index is 1.70. The van der Waals surface area contributed by atoms with Crippen molar-refractivity contribution in [2.75, 3.05) is 0 Å². The van der Waals surface area contributed by atoms with Gasteiger partial charge in [-0.3, -0.25) is 0 Å². The van der Waals surface area contributed by atoms with Crippen LogP contribution in [0, 0.1) is 13.8 Å². The summed E-state index contributed by atoms with van der Waals surface area (Å²) < 4.78 is 4.62. The van der Waals surface area contributed by atoms with Crippen LogP contribution >= 0.6 is 0 Å². The monoisotopic (exact) mass is 380 g/mol. The summed E-state index contributed by atoms with van der Waals surface area (Å²) in [7, 11) is 2.14. The van der Waals surface area contributed by atoms with E-state index in [9.17, 15) is 0 Å². The summed E-state index contributed by atoms with van der Waals surface area (Å²) >= 11 is 0. The molecular weight excluding hydrogens is 352 g/mol. The maximum absolute atomic E-state index is 2.37. The van der Waals surface area contributed by atoms with Gasteiger partial charge in [-0.05, 0) is 49.2 Å². The molecule has 0 fully saturated rings. The van der Waals surface area contributed by atoms with Gasteiger partial charge in [0.05, 0.1) is 0 Å². The molecule has 0 amide bonds. The van der Waals surface area contributed by atoms with Crippen LogP contribution in [0.25, 0.3) is 22.5 Å². The van der Waals surface area contributed by atoms with E-state index >= 15 is 0 Å². The van der Waals surface area contributed by atoms with Crippen LogP contribution in [0.15, 0.2) is 91.3 Å². The predicted octanol–water partition coefficient (Wildman–Crippen LogP) is 4.99. The number of benzene rings is 2. The van der Waals surface area contributed by atoms with Crippen molar-refractivity contribution in [2.24, 2.45) is 7.05 Å². The van der Waals surface area contributed by atoms with Gasteiger partial charge >= 0.3 is 0 Å². The van der Waals surface area contributed by atoms with E-state index in [0.29, 0.717) is 0 Å². The number of pyridine rings is 2. The van der Waals surface area contributed by atoms with Gasteiger partial charge in [0, 0.05) is 41.3 Å². The summed E-state index contributed by atoms with van der Waals surface area (Å²) in [6.45, 7) is 5.31. The molecule has 0 aliphatic heterocycles. The van der Waals surface area contributed by atoms with Crippen LogP contribution in [-0.4, -0.2) is 0 Å². The second kappa shape index (κ2) is 8.40. The normalized spacial score (nSPS) is 10.9. The topological polar surface area (TPSA) is 7.76 Å². The van der Waals surface area contributed by atoms with Crippen LogP contribution in [0.2, 0.25) is 0 Å². The summed E-state index contributed by atoms with van der Waals surface area (Å²) in [6, 6.07) is 28.1. The minimum absolute atomic E-state index is 0.938. The molecule has 0 aliphatic rings. The molecule has 2 aromatic carbocycles. The average Bonchev–Trinajstić information content (AvgIpc) is 2.74. The van der Waals surface area contributed by atoms with E-state index in [0.717, 1.165) is 13.0 Å². The Morgan fingerprint density at radius 2 is 1.31 bits per heavy atom. The zero-order chi connectivity index (χ0) is 20.2. The Hall–Kier alpha value is -3.26. The Kier molecular flexibility index (Phi) is 5.53. The first kappa shape index (κ1) is 19.1. The fourth-order valence-electron chi connectivity index (χ4n) is 4.09. The predicted molar refractivity (Wildman–Crippen MR) is 118 cm³/mol. The molecule has 29 heavy (non-hydrogen) atoms. The maximum atomic E-state index is 2.37. The summed E-state index contributed by atoms with van der Waals surface area (Å²) in [5.41, 5.74) is 9.16. The molecule has 0 saturated carbocycles. The van der Waals surface area contributed by atoms with Crippen LogP contribution in [0.1, 0.15) is 16.7 Å². The van der Waals surface area contributed by atoms with Crippen LogP contribution in [-0.2, 0) is 20.0 Å². The summed E-state index contributed by atoms with van der Waals surface area (Å²) in [6.07, 6.45) is 5.31. The van der Waals surface area contributed by atoms with Crippen molar-refractivity contribution in [1.82, 2.24) is 0 Å². The summed E-state index contributed by atoms with van der Waals surface area (Å²) in [4.78, 5) is 0. The Labute approximate surface area is 173 Å². The van der Waals surface area contributed by atoms with E-state index in [-0.39, 0.29) is 0 Å². The smallest absolute Gasteiger partial charge is 0.201 e. The van der Waals surface area contributed by atoms with Gasteiger partial charge in [-0.15, -0.1) is 0 Å². The lowest BCUT2D eigenvalue weighted by atomic mass is 9.99. The number of nitrogens with zero attached hydrogens (tertiary/aromatic N) is 2. The van der Waals surface area contributed by atoms with Gasteiger partial charge in [0.1, 0.15) is 7.05 Å². The third-order valence-electron chi connectivity index (χ3n) is 5.65. The molecule has 2 heterocycles. The zero-order valence-electron chi connectivity index (χ0n) is 17.5. The van der Waals surface area contributed by atoms with Crippen molar-refractivity contribution in [3.63, 3.8) is 0 Å². The van der Waals surface area contributed by atoms with Gasteiger partial charge in [-0.1, -0.05) is 36.4 Å². The van der Waals surface area contributed by atoms with Gasteiger partial charge in [-0.25, -0.2) is 4.57 Å². The Morgan fingerprint density at radius 3 is 2.03 bits per heavy atom. The summed E-state index contributed by atoms with van der Waals surface area (Å²) in [5, 5.41) is 0. The fraction of sp³-hybridized carbons (Fsp3) is 0.185. The van der Waals surface area contributed by atoms with Crippen molar-refractivity contribution < 1.29 is 9.13 Å². The third-order valence-corrected chi connectivity index (χ3v) is 5.65. The minimum atomic E-state index is 0.938. The molecule has 0 bridgehead atoms. The van der Waals surface area contributed by atoms with Crippen molar-refractivity contribution in [1.29, 1.82) is 0 Å². The SMILES string of the molecule is Cc1ccccc1-c1c(CC[n+]2ccccc2-c2ccccc2C)ccc[n+]1C. The van der Waals surface area contributed by atoms with Crippen LogP contribution in [0.3, 0.4) is 0 Å². The van der Waals surface area contributed by atoms with E-state index < -0.39 is 0 Å². The molecule has 0 spiro atoms. The molecule has 0 N–H and O–H groups in total. The van der Waals surface area contributed by atoms with Crippen molar-refractivity contribution >= 4 is 0 Å². The second-order valence-electron chi connectivity index (χ2n) is 7.65. The molecule has 4 aromatic rings. The van der Waals surface area contributed by atoms with Gasteiger partial charge in [-0.2, -0.15) is 4.57 Å².